The van der Waals surface area contributed by atoms with E-state index < -0.39 is 5.97 Å². The lowest BCUT2D eigenvalue weighted by Crippen LogP contribution is -2.20. The maximum atomic E-state index is 10.6. The number of hydrogen-bond donors (Lipinski definition) is 1. The molecule has 2 atom stereocenters. The summed E-state index contributed by atoms with van der Waals surface area (Å²) in [5.41, 5.74) is 0. The molecule has 0 saturated carbocycles. The van der Waals surface area contributed by atoms with E-state index in [0.29, 0.717) is 17.2 Å². The second kappa shape index (κ2) is 6.19. The second-order valence-electron chi connectivity index (χ2n) is 4.31. The predicted molar refractivity (Wildman–Crippen MR) is 66.5 cm³/mol. The Labute approximate surface area is 110 Å². The van der Waals surface area contributed by atoms with Crippen molar-refractivity contribution >= 4 is 17.7 Å². The maximum absolute atomic E-state index is 10.6. The minimum Gasteiger partial charge on any atom is -0.481 e. The summed E-state index contributed by atoms with van der Waals surface area (Å²) in [6.45, 7) is 3.73. The largest absolute Gasteiger partial charge is 0.481 e. The molecule has 100 valence electrons. The number of rotatable bonds is 6. The van der Waals surface area contributed by atoms with Crippen molar-refractivity contribution in [3.63, 3.8) is 0 Å². The molecule has 0 amide bonds. The first-order chi connectivity index (χ1) is 8.70. The van der Waals surface area contributed by atoms with Crippen molar-refractivity contribution in [2.24, 2.45) is 5.92 Å². The molecule has 1 aliphatic rings. The summed E-state index contributed by atoms with van der Waals surface area (Å²) in [6, 6.07) is 0. The summed E-state index contributed by atoms with van der Waals surface area (Å²) >= 11 is 1.20. The molecule has 2 heterocycles. The maximum Gasteiger partial charge on any atom is 0.313 e. The fourth-order valence-corrected chi connectivity index (χ4v) is 2.86. The number of hydrogen-bond acceptors (Lipinski definition) is 5. The number of carbonyl (C=O) groups is 1. The molecule has 7 heteroatoms. The lowest BCUT2D eigenvalue weighted by atomic mass is 10.00. The lowest BCUT2D eigenvalue weighted by molar-refractivity contribution is -0.133. The fraction of sp³-hybridized carbons (Fsp3) is 0.727. The van der Waals surface area contributed by atoms with Gasteiger partial charge in [-0.2, -0.15) is 0 Å². The molecule has 6 nitrogen and oxygen atoms in total. The molecule has 1 saturated heterocycles. The summed E-state index contributed by atoms with van der Waals surface area (Å²) in [5, 5.41) is 17.1. The second-order valence-corrected chi connectivity index (χ2v) is 5.26. The highest BCUT2D eigenvalue weighted by molar-refractivity contribution is 7.99. The van der Waals surface area contributed by atoms with Crippen LogP contribution in [-0.4, -0.2) is 44.3 Å². The number of carboxylic acids is 1. The quantitative estimate of drug-likeness (QED) is 0.785. The number of ether oxygens (including phenoxy) is 1. The Balaban J connectivity index is 1.96. The molecular formula is C11H17N3O3S. The van der Waals surface area contributed by atoms with Crippen LogP contribution in [0.2, 0.25) is 0 Å². The van der Waals surface area contributed by atoms with Crippen molar-refractivity contribution in [1.82, 2.24) is 14.8 Å². The molecule has 0 radical (unpaired) electrons. The van der Waals surface area contributed by atoms with Crippen LogP contribution >= 0.6 is 11.8 Å². The number of aliphatic carboxylic acids is 1. The van der Waals surface area contributed by atoms with Gasteiger partial charge in [0.05, 0.1) is 11.9 Å². The zero-order valence-corrected chi connectivity index (χ0v) is 11.1. The van der Waals surface area contributed by atoms with E-state index in [0.717, 1.165) is 26.0 Å². The SMILES string of the molecule is CCC1OCCC1Cn1cnnc1SCC(=O)O. The Morgan fingerprint density at radius 3 is 3.28 bits per heavy atom. The van der Waals surface area contributed by atoms with E-state index in [4.69, 9.17) is 9.84 Å². The summed E-state index contributed by atoms with van der Waals surface area (Å²) in [7, 11) is 0. The first kappa shape index (κ1) is 13.4. The van der Waals surface area contributed by atoms with Crippen LogP contribution in [0.5, 0.6) is 0 Å². The van der Waals surface area contributed by atoms with E-state index in [2.05, 4.69) is 17.1 Å². The zero-order chi connectivity index (χ0) is 13.0. The van der Waals surface area contributed by atoms with Gasteiger partial charge in [0.1, 0.15) is 6.33 Å². The monoisotopic (exact) mass is 271 g/mol. The summed E-state index contributed by atoms with van der Waals surface area (Å²) in [4.78, 5) is 10.6. The van der Waals surface area contributed by atoms with Crippen LogP contribution < -0.4 is 0 Å². The van der Waals surface area contributed by atoms with Crippen LogP contribution in [-0.2, 0) is 16.1 Å². The van der Waals surface area contributed by atoms with Gasteiger partial charge in [-0.05, 0) is 12.8 Å². The van der Waals surface area contributed by atoms with Gasteiger partial charge in [0, 0.05) is 19.1 Å². The molecule has 0 aromatic carbocycles. The third-order valence-electron chi connectivity index (χ3n) is 3.08. The average molecular weight is 271 g/mol. The fourth-order valence-electron chi connectivity index (χ4n) is 2.21. The molecular weight excluding hydrogens is 254 g/mol. The summed E-state index contributed by atoms with van der Waals surface area (Å²) in [6.07, 6.45) is 4.00. The van der Waals surface area contributed by atoms with Gasteiger partial charge >= 0.3 is 5.97 Å². The van der Waals surface area contributed by atoms with Crippen molar-refractivity contribution in [3.05, 3.63) is 6.33 Å². The Morgan fingerprint density at radius 1 is 1.72 bits per heavy atom. The van der Waals surface area contributed by atoms with Crippen LogP contribution in [0.3, 0.4) is 0 Å². The van der Waals surface area contributed by atoms with Gasteiger partial charge in [0.25, 0.3) is 0 Å². The smallest absolute Gasteiger partial charge is 0.313 e. The van der Waals surface area contributed by atoms with Gasteiger partial charge in [-0.25, -0.2) is 0 Å². The molecule has 1 aliphatic heterocycles. The molecule has 1 aromatic rings. The highest BCUT2D eigenvalue weighted by Crippen LogP contribution is 2.26. The zero-order valence-electron chi connectivity index (χ0n) is 10.3. The summed E-state index contributed by atoms with van der Waals surface area (Å²) in [5.74, 6) is -0.364. The van der Waals surface area contributed by atoms with Gasteiger partial charge in [-0.1, -0.05) is 18.7 Å². The van der Waals surface area contributed by atoms with Crippen LogP contribution in [0.25, 0.3) is 0 Å². The molecule has 2 unspecified atom stereocenters. The number of aromatic nitrogens is 3. The Bertz CT molecular complexity index is 410. The molecule has 18 heavy (non-hydrogen) atoms. The third kappa shape index (κ3) is 3.23. The minimum absolute atomic E-state index is 0.0110. The lowest BCUT2D eigenvalue weighted by Gasteiger charge is -2.17. The molecule has 0 spiro atoms. The number of nitrogens with zero attached hydrogens (tertiary/aromatic N) is 3. The van der Waals surface area contributed by atoms with Gasteiger partial charge in [0.2, 0.25) is 0 Å². The van der Waals surface area contributed by atoms with E-state index in [1.165, 1.54) is 11.8 Å². The van der Waals surface area contributed by atoms with E-state index in [-0.39, 0.29) is 5.75 Å². The third-order valence-corrected chi connectivity index (χ3v) is 4.05. The average Bonchev–Trinajstić information content (AvgIpc) is 2.96. The molecule has 0 bridgehead atoms. The highest BCUT2D eigenvalue weighted by atomic mass is 32.2. The van der Waals surface area contributed by atoms with E-state index in [1.54, 1.807) is 6.33 Å². The van der Waals surface area contributed by atoms with Gasteiger partial charge in [-0.3, -0.25) is 4.79 Å². The first-order valence-electron chi connectivity index (χ1n) is 6.04. The predicted octanol–water partition coefficient (Wildman–Crippen LogP) is 1.27. The van der Waals surface area contributed by atoms with E-state index >= 15 is 0 Å². The minimum atomic E-state index is -0.842. The topological polar surface area (TPSA) is 77.2 Å². The van der Waals surface area contributed by atoms with Crippen LogP contribution in [0.1, 0.15) is 19.8 Å². The van der Waals surface area contributed by atoms with Gasteiger partial charge in [-0.15, -0.1) is 10.2 Å². The first-order valence-corrected chi connectivity index (χ1v) is 7.03. The number of carboxylic acid groups (broad SMARTS) is 1. The molecule has 0 aliphatic carbocycles. The van der Waals surface area contributed by atoms with Gasteiger partial charge in [0.15, 0.2) is 5.16 Å². The molecule has 2 rings (SSSR count). The standard InChI is InChI=1S/C11H17N3O3S/c1-2-9-8(3-4-17-9)5-14-7-12-13-11(14)18-6-10(15)16/h7-9H,2-6H2,1H3,(H,15,16). The Hall–Kier alpha value is -1.08. The van der Waals surface area contributed by atoms with Crippen LogP contribution in [0.4, 0.5) is 0 Å². The Morgan fingerprint density at radius 2 is 2.56 bits per heavy atom. The van der Waals surface area contributed by atoms with E-state index in [1.807, 2.05) is 4.57 Å². The van der Waals surface area contributed by atoms with Crippen LogP contribution in [0, 0.1) is 5.92 Å². The van der Waals surface area contributed by atoms with Crippen molar-refractivity contribution in [3.8, 4) is 0 Å². The van der Waals surface area contributed by atoms with Crippen molar-refractivity contribution in [2.45, 2.75) is 37.6 Å². The van der Waals surface area contributed by atoms with Crippen LogP contribution in [0.15, 0.2) is 11.5 Å². The summed E-state index contributed by atoms with van der Waals surface area (Å²) < 4.78 is 7.57. The van der Waals surface area contributed by atoms with Crippen molar-refractivity contribution in [1.29, 1.82) is 0 Å². The van der Waals surface area contributed by atoms with E-state index in [9.17, 15) is 4.79 Å². The normalized spacial score (nSPS) is 23.4. The highest BCUT2D eigenvalue weighted by Gasteiger charge is 2.27. The molecule has 1 fully saturated rings. The van der Waals surface area contributed by atoms with Crippen molar-refractivity contribution < 1.29 is 14.6 Å². The van der Waals surface area contributed by atoms with Gasteiger partial charge < -0.3 is 14.4 Å². The number of thioether (sulfide) groups is 1. The molecule has 1 aromatic heterocycles. The Kier molecular flexibility index (Phi) is 4.60. The molecule has 1 N–H and O–H groups in total. The van der Waals surface area contributed by atoms with Crippen molar-refractivity contribution in [2.75, 3.05) is 12.4 Å².